The van der Waals surface area contributed by atoms with Gasteiger partial charge in [-0.15, -0.1) is 0 Å². The van der Waals surface area contributed by atoms with Crippen LogP contribution >= 0.6 is 0 Å². The SMILES string of the molecule is CCOc1cc(N[C@@H](CC(C)C)C(=O)O)ncn1. The van der Waals surface area contributed by atoms with Crippen LogP contribution in [0.5, 0.6) is 5.88 Å². The van der Waals surface area contributed by atoms with Gasteiger partial charge in [0.25, 0.3) is 0 Å². The lowest BCUT2D eigenvalue weighted by atomic mass is 10.0. The van der Waals surface area contributed by atoms with E-state index in [2.05, 4.69) is 15.3 Å². The Labute approximate surface area is 106 Å². The normalized spacial score (nSPS) is 12.2. The first kappa shape index (κ1) is 14.2. The van der Waals surface area contributed by atoms with Gasteiger partial charge in [0.2, 0.25) is 5.88 Å². The molecular weight excluding hydrogens is 234 g/mol. The largest absolute Gasteiger partial charge is 0.480 e. The van der Waals surface area contributed by atoms with Crippen molar-refractivity contribution in [2.75, 3.05) is 11.9 Å². The maximum absolute atomic E-state index is 11.1. The van der Waals surface area contributed by atoms with Crippen molar-refractivity contribution in [3.05, 3.63) is 12.4 Å². The Morgan fingerprint density at radius 1 is 1.50 bits per heavy atom. The number of hydrogen-bond donors (Lipinski definition) is 2. The van der Waals surface area contributed by atoms with Gasteiger partial charge in [0, 0.05) is 6.07 Å². The standard InChI is InChI=1S/C12H19N3O3/c1-4-18-11-6-10(13-7-14-11)15-9(12(16)17)5-8(2)3/h6-9H,4-5H2,1-3H3,(H,16,17)(H,13,14,15)/t9-/m0/s1. The summed E-state index contributed by atoms with van der Waals surface area (Å²) in [5.41, 5.74) is 0. The molecule has 0 aliphatic rings. The zero-order chi connectivity index (χ0) is 13.5. The predicted molar refractivity (Wildman–Crippen MR) is 67.7 cm³/mol. The van der Waals surface area contributed by atoms with E-state index in [0.717, 1.165) is 0 Å². The van der Waals surface area contributed by atoms with Crippen LogP contribution in [0.1, 0.15) is 27.2 Å². The Bertz CT molecular complexity index is 396. The van der Waals surface area contributed by atoms with Crippen molar-refractivity contribution in [2.24, 2.45) is 5.92 Å². The van der Waals surface area contributed by atoms with Crippen molar-refractivity contribution in [1.82, 2.24) is 9.97 Å². The third-order valence-electron chi connectivity index (χ3n) is 2.26. The minimum atomic E-state index is -0.889. The number of aliphatic carboxylic acids is 1. The summed E-state index contributed by atoms with van der Waals surface area (Å²) in [4.78, 5) is 19.0. The molecule has 0 aliphatic carbocycles. The van der Waals surface area contributed by atoms with Crippen LogP contribution < -0.4 is 10.1 Å². The molecule has 0 aromatic carbocycles. The van der Waals surface area contributed by atoms with Gasteiger partial charge in [-0.3, -0.25) is 0 Å². The highest BCUT2D eigenvalue weighted by Crippen LogP contribution is 2.15. The van der Waals surface area contributed by atoms with Crippen molar-refractivity contribution in [1.29, 1.82) is 0 Å². The fraction of sp³-hybridized carbons (Fsp3) is 0.583. The molecule has 0 spiro atoms. The Hall–Kier alpha value is -1.85. The van der Waals surface area contributed by atoms with E-state index in [-0.39, 0.29) is 5.92 Å². The number of anilines is 1. The molecule has 0 amide bonds. The first-order valence-electron chi connectivity index (χ1n) is 5.97. The molecule has 6 nitrogen and oxygen atoms in total. The molecule has 1 atom stereocenters. The molecule has 0 saturated carbocycles. The third kappa shape index (κ3) is 4.57. The van der Waals surface area contributed by atoms with E-state index in [1.54, 1.807) is 6.07 Å². The topological polar surface area (TPSA) is 84.3 Å². The Kier molecular flexibility index (Phi) is 5.35. The molecule has 0 aliphatic heterocycles. The first-order valence-corrected chi connectivity index (χ1v) is 5.97. The highest BCUT2D eigenvalue weighted by Gasteiger charge is 2.19. The Morgan fingerprint density at radius 3 is 2.78 bits per heavy atom. The number of nitrogens with zero attached hydrogens (tertiary/aromatic N) is 2. The third-order valence-corrected chi connectivity index (χ3v) is 2.26. The molecule has 0 radical (unpaired) electrons. The predicted octanol–water partition coefficient (Wildman–Crippen LogP) is 1.79. The summed E-state index contributed by atoms with van der Waals surface area (Å²) in [6, 6.07) is 0.939. The molecular formula is C12H19N3O3. The summed E-state index contributed by atoms with van der Waals surface area (Å²) in [6.07, 6.45) is 1.88. The second-order valence-electron chi connectivity index (χ2n) is 4.34. The molecule has 0 fully saturated rings. The number of aromatic nitrogens is 2. The van der Waals surface area contributed by atoms with Crippen molar-refractivity contribution >= 4 is 11.8 Å². The van der Waals surface area contributed by atoms with Crippen molar-refractivity contribution in [3.8, 4) is 5.88 Å². The van der Waals surface area contributed by atoms with Gasteiger partial charge < -0.3 is 15.2 Å². The number of carboxylic acids is 1. The first-order chi connectivity index (χ1) is 8.52. The van der Waals surface area contributed by atoms with Crippen LogP contribution in [0.2, 0.25) is 0 Å². The molecule has 0 unspecified atom stereocenters. The molecule has 18 heavy (non-hydrogen) atoms. The van der Waals surface area contributed by atoms with Crippen LogP contribution in [0.25, 0.3) is 0 Å². The van der Waals surface area contributed by atoms with Gasteiger partial charge in [0.05, 0.1) is 6.61 Å². The maximum atomic E-state index is 11.1. The summed E-state index contributed by atoms with van der Waals surface area (Å²) in [6.45, 7) is 6.31. The molecule has 1 aromatic rings. The summed E-state index contributed by atoms with van der Waals surface area (Å²) < 4.78 is 5.23. The van der Waals surface area contributed by atoms with Crippen molar-refractivity contribution in [2.45, 2.75) is 33.2 Å². The van der Waals surface area contributed by atoms with Gasteiger partial charge in [0.1, 0.15) is 18.2 Å². The molecule has 1 rings (SSSR count). The number of nitrogens with one attached hydrogen (secondary N) is 1. The highest BCUT2D eigenvalue weighted by atomic mass is 16.5. The Morgan fingerprint density at radius 2 is 2.22 bits per heavy atom. The van der Waals surface area contributed by atoms with Gasteiger partial charge >= 0.3 is 5.97 Å². The lowest BCUT2D eigenvalue weighted by Gasteiger charge is -2.17. The van der Waals surface area contributed by atoms with Gasteiger partial charge in [-0.25, -0.2) is 14.8 Å². The molecule has 6 heteroatoms. The number of ether oxygens (including phenoxy) is 1. The molecule has 1 heterocycles. The van der Waals surface area contributed by atoms with Crippen LogP contribution in [0, 0.1) is 5.92 Å². The fourth-order valence-corrected chi connectivity index (χ4v) is 1.52. The molecule has 2 N–H and O–H groups in total. The molecule has 100 valence electrons. The minimum Gasteiger partial charge on any atom is -0.480 e. The van der Waals surface area contributed by atoms with Gasteiger partial charge in [-0.05, 0) is 19.3 Å². The van der Waals surface area contributed by atoms with Crippen molar-refractivity contribution in [3.63, 3.8) is 0 Å². The van der Waals surface area contributed by atoms with E-state index >= 15 is 0 Å². The van der Waals surface area contributed by atoms with E-state index < -0.39 is 12.0 Å². The van der Waals surface area contributed by atoms with E-state index in [0.29, 0.717) is 24.7 Å². The minimum absolute atomic E-state index is 0.284. The zero-order valence-electron chi connectivity index (χ0n) is 10.9. The van der Waals surface area contributed by atoms with Crippen LogP contribution in [-0.2, 0) is 4.79 Å². The molecule has 1 aromatic heterocycles. The quantitative estimate of drug-likeness (QED) is 0.770. The van der Waals surface area contributed by atoms with Crippen LogP contribution in [0.15, 0.2) is 12.4 Å². The van der Waals surface area contributed by atoms with E-state index in [1.807, 2.05) is 20.8 Å². The van der Waals surface area contributed by atoms with Crippen molar-refractivity contribution < 1.29 is 14.6 Å². The summed E-state index contributed by atoms with van der Waals surface area (Å²) in [5, 5.41) is 12.0. The van der Waals surface area contributed by atoms with E-state index in [4.69, 9.17) is 9.84 Å². The maximum Gasteiger partial charge on any atom is 0.326 e. The monoisotopic (exact) mass is 253 g/mol. The number of rotatable bonds is 7. The summed E-state index contributed by atoms with van der Waals surface area (Å²) >= 11 is 0. The summed E-state index contributed by atoms with van der Waals surface area (Å²) in [7, 11) is 0. The van der Waals surface area contributed by atoms with Crippen LogP contribution in [0.3, 0.4) is 0 Å². The Balaban J connectivity index is 2.73. The lowest BCUT2D eigenvalue weighted by molar-refractivity contribution is -0.138. The van der Waals surface area contributed by atoms with E-state index in [1.165, 1.54) is 6.33 Å². The smallest absolute Gasteiger partial charge is 0.326 e. The van der Waals surface area contributed by atoms with E-state index in [9.17, 15) is 4.79 Å². The highest BCUT2D eigenvalue weighted by molar-refractivity contribution is 5.76. The average Bonchev–Trinajstić information content (AvgIpc) is 2.28. The molecule has 0 saturated heterocycles. The second kappa shape index (κ2) is 6.78. The number of carboxylic acid groups (broad SMARTS) is 1. The number of hydrogen-bond acceptors (Lipinski definition) is 5. The van der Waals surface area contributed by atoms with Crippen LogP contribution in [-0.4, -0.2) is 33.7 Å². The lowest BCUT2D eigenvalue weighted by Crippen LogP contribution is -2.31. The van der Waals surface area contributed by atoms with Crippen LogP contribution in [0.4, 0.5) is 5.82 Å². The number of carbonyl (C=O) groups is 1. The second-order valence-corrected chi connectivity index (χ2v) is 4.34. The summed E-state index contributed by atoms with van der Waals surface area (Å²) in [5.74, 6) is 0.289. The van der Waals surface area contributed by atoms with Gasteiger partial charge in [-0.1, -0.05) is 13.8 Å². The fourth-order valence-electron chi connectivity index (χ4n) is 1.52. The molecule has 0 bridgehead atoms. The zero-order valence-corrected chi connectivity index (χ0v) is 10.9. The average molecular weight is 253 g/mol. The van der Waals surface area contributed by atoms with Gasteiger partial charge in [0.15, 0.2) is 0 Å². The van der Waals surface area contributed by atoms with Gasteiger partial charge in [-0.2, -0.15) is 0 Å².